The van der Waals surface area contributed by atoms with E-state index in [-0.39, 0.29) is 18.1 Å². The third-order valence-electron chi connectivity index (χ3n) is 4.76. The molecule has 152 valence electrons. The molecule has 0 bridgehead atoms. The van der Waals surface area contributed by atoms with E-state index in [1.165, 1.54) is 16.5 Å². The summed E-state index contributed by atoms with van der Waals surface area (Å²) >= 11 is 1.12. The van der Waals surface area contributed by atoms with Crippen LogP contribution in [0.15, 0.2) is 35.4 Å². The topological polar surface area (TPSA) is 90.3 Å². The predicted molar refractivity (Wildman–Crippen MR) is 114 cm³/mol. The summed E-state index contributed by atoms with van der Waals surface area (Å²) in [6.07, 6.45) is 2.26. The number of aryl methyl sites for hydroxylation is 2. The quantitative estimate of drug-likeness (QED) is 0.622. The highest BCUT2D eigenvalue weighted by molar-refractivity contribution is 7.20. The van der Waals surface area contributed by atoms with Crippen LogP contribution >= 0.6 is 11.3 Å². The van der Waals surface area contributed by atoms with Crippen LogP contribution in [0.5, 0.6) is 0 Å². The zero-order valence-corrected chi connectivity index (χ0v) is 17.6. The van der Waals surface area contributed by atoms with E-state index < -0.39 is 12.0 Å². The number of ether oxygens (including phenoxy) is 1. The van der Waals surface area contributed by atoms with Crippen LogP contribution in [0.25, 0.3) is 10.2 Å². The third-order valence-corrected chi connectivity index (χ3v) is 5.94. The molecule has 0 aliphatic carbocycles. The maximum absolute atomic E-state index is 13.0. The maximum Gasteiger partial charge on any atom is 0.348 e. The number of carbonyl (C=O) groups is 2. The number of thiophene rings is 1. The number of rotatable bonds is 6. The minimum atomic E-state index is -0.768. The maximum atomic E-state index is 13.0. The van der Waals surface area contributed by atoms with E-state index in [9.17, 15) is 14.4 Å². The first-order valence-electron chi connectivity index (χ1n) is 9.44. The summed E-state index contributed by atoms with van der Waals surface area (Å²) < 4.78 is 6.33. The number of benzene rings is 1. The third kappa shape index (κ3) is 4.07. The summed E-state index contributed by atoms with van der Waals surface area (Å²) in [5.74, 6) is -0.795. The van der Waals surface area contributed by atoms with Crippen molar-refractivity contribution >= 4 is 39.1 Å². The van der Waals surface area contributed by atoms with Crippen LogP contribution < -0.4 is 10.9 Å². The second-order valence-electron chi connectivity index (χ2n) is 6.63. The fourth-order valence-corrected chi connectivity index (χ4v) is 4.03. The Hall–Kier alpha value is -3.00. The van der Waals surface area contributed by atoms with Crippen molar-refractivity contribution in [3.63, 3.8) is 0 Å². The monoisotopic (exact) mass is 413 g/mol. The summed E-state index contributed by atoms with van der Waals surface area (Å²) in [6, 6.07) is 6.80. The molecule has 1 amide bonds. The van der Waals surface area contributed by atoms with Gasteiger partial charge in [-0.2, -0.15) is 0 Å². The number of fused-ring (bicyclic) bond motifs is 1. The number of aromatic nitrogens is 2. The molecule has 2 heterocycles. The standard InChI is InChI=1S/C21H23N3O4S/c1-5-14-7-9-15(10-8-14)23-18(25)13(4)24-11-22-19-16(20(24)26)12(3)17(29-19)21(27)28-6-2/h7-11,13H,5-6H2,1-4H3,(H,23,25)/t13-/m0/s1. The normalized spacial score (nSPS) is 12.0. The fourth-order valence-electron chi connectivity index (χ4n) is 3.00. The second kappa shape index (κ2) is 8.57. The molecule has 0 saturated heterocycles. The Kier molecular flexibility index (Phi) is 6.12. The average molecular weight is 413 g/mol. The first-order valence-corrected chi connectivity index (χ1v) is 10.3. The van der Waals surface area contributed by atoms with Crippen LogP contribution in [0.1, 0.15) is 47.6 Å². The molecule has 1 atom stereocenters. The Morgan fingerprint density at radius 3 is 2.55 bits per heavy atom. The highest BCUT2D eigenvalue weighted by Gasteiger charge is 2.23. The lowest BCUT2D eigenvalue weighted by Crippen LogP contribution is -2.31. The van der Waals surface area contributed by atoms with Crippen LogP contribution in [-0.4, -0.2) is 28.0 Å². The molecule has 7 nitrogen and oxygen atoms in total. The van der Waals surface area contributed by atoms with Gasteiger partial charge in [0.05, 0.1) is 18.3 Å². The van der Waals surface area contributed by atoms with Gasteiger partial charge in [-0.05, 0) is 50.5 Å². The first kappa shape index (κ1) is 20.7. The summed E-state index contributed by atoms with van der Waals surface area (Å²) in [5.41, 5.74) is 2.01. The van der Waals surface area contributed by atoms with Gasteiger partial charge in [0.15, 0.2) is 0 Å². The molecule has 0 spiro atoms. The molecule has 3 rings (SSSR count). The lowest BCUT2D eigenvalue weighted by molar-refractivity contribution is -0.118. The smallest absolute Gasteiger partial charge is 0.348 e. The lowest BCUT2D eigenvalue weighted by Gasteiger charge is -2.15. The van der Waals surface area contributed by atoms with Gasteiger partial charge in [-0.15, -0.1) is 11.3 Å². The minimum absolute atomic E-state index is 0.251. The lowest BCUT2D eigenvalue weighted by atomic mass is 10.1. The number of carbonyl (C=O) groups excluding carboxylic acids is 2. The fraction of sp³-hybridized carbons (Fsp3) is 0.333. The number of anilines is 1. The summed E-state index contributed by atoms with van der Waals surface area (Å²) in [4.78, 5) is 42.9. The first-order chi connectivity index (χ1) is 13.9. The number of nitrogens with zero attached hydrogens (tertiary/aromatic N) is 2. The highest BCUT2D eigenvalue weighted by atomic mass is 32.1. The number of nitrogens with one attached hydrogen (secondary N) is 1. The van der Waals surface area contributed by atoms with Gasteiger partial charge >= 0.3 is 5.97 Å². The second-order valence-corrected chi connectivity index (χ2v) is 7.63. The Morgan fingerprint density at radius 1 is 1.24 bits per heavy atom. The SMILES string of the molecule is CCOC(=O)c1sc2ncn([C@@H](C)C(=O)Nc3ccc(CC)cc3)c(=O)c2c1C. The molecule has 3 aromatic rings. The highest BCUT2D eigenvalue weighted by Crippen LogP contribution is 2.28. The van der Waals surface area contributed by atoms with Crippen LogP contribution in [0, 0.1) is 6.92 Å². The molecule has 0 radical (unpaired) electrons. The largest absolute Gasteiger partial charge is 0.462 e. The Labute approximate surface area is 172 Å². The van der Waals surface area contributed by atoms with Gasteiger partial charge < -0.3 is 10.1 Å². The van der Waals surface area contributed by atoms with Crippen molar-refractivity contribution in [3.8, 4) is 0 Å². The van der Waals surface area contributed by atoms with Crippen LogP contribution in [0.4, 0.5) is 5.69 Å². The van der Waals surface area contributed by atoms with E-state index in [0.29, 0.717) is 26.3 Å². The van der Waals surface area contributed by atoms with Crippen molar-refractivity contribution in [1.29, 1.82) is 0 Å². The van der Waals surface area contributed by atoms with Gasteiger partial charge in [-0.25, -0.2) is 9.78 Å². The minimum Gasteiger partial charge on any atom is -0.462 e. The van der Waals surface area contributed by atoms with Gasteiger partial charge in [0.1, 0.15) is 15.7 Å². The zero-order chi connectivity index (χ0) is 21.1. The molecule has 2 aromatic heterocycles. The molecule has 1 N–H and O–H groups in total. The Bertz CT molecular complexity index is 1120. The van der Waals surface area contributed by atoms with Gasteiger partial charge in [0, 0.05) is 5.69 Å². The van der Waals surface area contributed by atoms with Crippen LogP contribution in [-0.2, 0) is 16.0 Å². The zero-order valence-electron chi connectivity index (χ0n) is 16.8. The molecule has 1 aromatic carbocycles. The average Bonchev–Trinajstić information content (AvgIpc) is 3.06. The molecule has 0 saturated carbocycles. The van der Waals surface area contributed by atoms with Gasteiger partial charge in [0.2, 0.25) is 5.91 Å². The number of esters is 1. The van der Waals surface area contributed by atoms with Gasteiger partial charge in [-0.3, -0.25) is 14.2 Å². The molecule has 8 heteroatoms. The van der Waals surface area contributed by atoms with E-state index in [1.807, 2.05) is 24.3 Å². The summed E-state index contributed by atoms with van der Waals surface area (Å²) in [5, 5.41) is 3.16. The van der Waals surface area contributed by atoms with E-state index in [1.54, 1.807) is 20.8 Å². The van der Waals surface area contributed by atoms with E-state index in [0.717, 1.165) is 17.8 Å². The van der Waals surface area contributed by atoms with Gasteiger partial charge in [-0.1, -0.05) is 19.1 Å². The van der Waals surface area contributed by atoms with Crippen LogP contribution in [0.3, 0.4) is 0 Å². The van der Waals surface area contributed by atoms with E-state index >= 15 is 0 Å². The molecular formula is C21H23N3O4S. The number of amides is 1. The summed E-state index contributed by atoms with van der Waals surface area (Å²) in [7, 11) is 0. The number of hydrogen-bond acceptors (Lipinski definition) is 6. The molecule has 0 aliphatic rings. The van der Waals surface area contributed by atoms with Crippen molar-refractivity contribution in [2.24, 2.45) is 0 Å². The molecule has 0 aliphatic heterocycles. The van der Waals surface area contributed by atoms with Crippen molar-refractivity contribution in [3.05, 3.63) is 57.0 Å². The predicted octanol–water partition coefficient (Wildman–Crippen LogP) is 3.71. The number of hydrogen-bond donors (Lipinski definition) is 1. The van der Waals surface area contributed by atoms with Crippen LogP contribution in [0.2, 0.25) is 0 Å². The van der Waals surface area contributed by atoms with Crippen molar-refractivity contribution in [2.45, 2.75) is 40.2 Å². The van der Waals surface area contributed by atoms with E-state index in [2.05, 4.69) is 17.2 Å². The van der Waals surface area contributed by atoms with Crippen molar-refractivity contribution < 1.29 is 14.3 Å². The molecule has 0 unspecified atom stereocenters. The van der Waals surface area contributed by atoms with Crippen molar-refractivity contribution in [2.75, 3.05) is 11.9 Å². The molecule has 29 heavy (non-hydrogen) atoms. The molecular weight excluding hydrogens is 390 g/mol. The Balaban J connectivity index is 1.91. The van der Waals surface area contributed by atoms with E-state index in [4.69, 9.17) is 4.74 Å². The van der Waals surface area contributed by atoms with Gasteiger partial charge in [0.25, 0.3) is 5.56 Å². The van der Waals surface area contributed by atoms with Crippen molar-refractivity contribution in [1.82, 2.24) is 9.55 Å². The molecule has 0 fully saturated rings. The summed E-state index contributed by atoms with van der Waals surface area (Å²) in [6.45, 7) is 7.37. The Morgan fingerprint density at radius 2 is 1.93 bits per heavy atom.